The van der Waals surface area contributed by atoms with E-state index in [0.717, 1.165) is 12.3 Å². The Hall–Kier alpha value is -0.390. The molecule has 0 saturated carbocycles. The first-order chi connectivity index (χ1) is 5.90. The van der Waals surface area contributed by atoms with E-state index in [9.17, 15) is 4.39 Å². The van der Waals surface area contributed by atoms with Crippen LogP contribution < -0.4 is 4.74 Å². The van der Waals surface area contributed by atoms with Gasteiger partial charge < -0.3 is 4.74 Å². The Morgan fingerprint density at radius 1 is 1.90 bits per heavy atom. The van der Waals surface area contributed by atoms with Crippen LogP contribution in [0.4, 0.5) is 4.39 Å². The summed E-state index contributed by atoms with van der Waals surface area (Å²) in [4.78, 5) is 3.59. The van der Waals surface area contributed by atoms with Gasteiger partial charge in [-0.15, -0.1) is 0 Å². The topological polar surface area (TPSA) is 22.1 Å². The number of nitrogens with zero attached hydrogens (tertiary/aromatic N) is 1. The van der Waals surface area contributed by atoms with Gasteiger partial charge in [0, 0.05) is 6.20 Å². The van der Waals surface area contributed by atoms with Crippen LogP contribution in [0.2, 0.25) is 0 Å². The smallest absolute Gasteiger partial charge is 0.229 e. The fraction of sp³-hybridized carbons (Fsp3) is 0.167. The van der Waals surface area contributed by atoms with Crippen LogP contribution in [0.25, 0.3) is 0 Å². The predicted octanol–water partition coefficient (Wildman–Crippen LogP) is 1.83. The molecule has 0 fully saturated rings. The summed E-state index contributed by atoms with van der Waals surface area (Å²) in [6.45, 7) is 0. The van der Waals surface area contributed by atoms with Gasteiger partial charge in [0.25, 0.3) is 0 Å². The van der Waals surface area contributed by atoms with Crippen molar-refractivity contribution in [3.05, 3.63) is 21.7 Å². The molecule has 1 heterocycles. The van der Waals surface area contributed by atoms with Gasteiger partial charge in [-0.05, 0) is 28.7 Å². The molecule has 0 atom stereocenters. The van der Waals surface area contributed by atoms with Crippen molar-refractivity contribution in [3.63, 3.8) is 0 Å². The number of halogens is 2. The van der Waals surface area contributed by atoms with Crippen molar-refractivity contribution in [3.8, 4) is 5.88 Å². The molecule has 0 amide bonds. The van der Waals surface area contributed by atoms with Crippen molar-refractivity contribution < 1.29 is 13.2 Å². The minimum Gasteiger partial charge on any atom is -0.480 e. The van der Waals surface area contributed by atoms with Crippen molar-refractivity contribution >= 4 is 22.6 Å². The summed E-state index contributed by atoms with van der Waals surface area (Å²) < 4.78 is 37.7. The molecule has 54 valence electrons. The number of rotatable bonds is 1. The first-order valence-corrected chi connectivity index (χ1v) is 3.47. The van der Waals surface area contributed by atoms with Crippen LogP contribution in [0.1, 0.15) is 4.11 Å². The monoisotopic (exact) mass is 256 g/mol. The third kappa shape index (κ3) is 1.36. The third-order valence-corrected chi connectivity index (χ3v) is 1.88. The third-order valence-electron chi connectivity index (χ3n) is 0.907. The highest BCUT2D eigenvalue weighted by atomic mass is 127. The molecule has 0 bridgehead atoms. The Kier molecular flexibility index (Phi) is 1.40. The zero-order valence-corrected chi connectivity index (χ0v) is 6.92. The summed E-state index contributed by atoms with van der Waals surface area (Å²) >= 11 is 1.63. The molecule has 0 aliphatic carbocycles. The van der Waals surface area contributed by atoms with Gasteiger partial charge in [-0.2, -0.15) is 0 Å². The molecule has 0 aromatic carbocycles. The van der Waals surface area contributed by atoms with Crippen LogP contribution >= 0.6 is 22.6 Å². The predicted molar refractivity (Wildman–Crippen MR) is 43.5 cm³/mol. The number of methoxy groups -OCH3 is 1. The molecule has 4 heteroatoms. The quantitative estimate of drug-likeness (QED) is 0.715. The molecule has 0 aliphatic rings. The second kappa shape index (κ2) is 3.14. The highest BCUT2D eigenvalue weighted by molar-refractivity contribution is 14.1. The van der Waals surface area contributed by atoms with Crippen LogP contribution in [0.5, 0.6) is 5.88 Å². The molecule has 1 aromatic rings. The molecule has 1 aromatic heterocycles. The summed E-state index contributed by atoms with van der Waals surface area (Å²) in [5.41, 5.74) is 0. The van der Waals surface area contributed by atoms with Crippen LogP contribution in [0.15, 0.2) is 12.3 Å². The van der Waals surface area contributed by atoms with E-state index in [-0.39, 0.29) is 9.45 Å². The van der Waals surface area contributed by atoms with E-state index >= 15 is 0 Å². The Morgan fingerprint density at radius 2 is 2.70 bits per heavy atom. The first-order valence-electron chi connectivity index (χ1n) is 3.89. The minimum atomic E-state index is -2.60. The van der Waals surface area contributed by atoms with Gasteiger partial charge in [-0.1, -0.05) is 0 Å². The molecular formula is C6H5FINO. The van der Waals surface area contributed by atoms with Crippen molar-refractivity contribution in [2.24, 2.45) is 0 Å². The molecular weight excluding hydrogens is 248 g/mol. The van der Waals surface area contributed by atoms with E-state index in [4.69, 9.17) is 4.11 Å². The number of hydrogen-bond acceptors (Lipinski definition) is 2. The Bertz CT molecular complexity index is 317. The summed E-state index contributed by atoms with van der Waals surface area (Å²) in [6.07, 6.45) is 1.15. The van der Waals surface area contributed by atoms with E-state index < -0.39 is 12.9 Å². The number of hydrogen-bond donors (Lipinski definition) is 0. The van der Waals surface area contributed by atoms with E-state index in [1.54, 1.807) is 22.6 Å². The Labute approximate surface area is 75.8 Å². The zero-order chi connectivity index (χ0) is 10.1. The van der Waals surface area contributed by atoms with Crippen molar-refractivity contribution in [1.29, 1.82) is 0 Å². The lowest BCUT2D eigenvalue weighted by molar-refractivity contribution is 0.390. The van der Waals surface area contributed by atoms with Gasteiger partial charge in [0.2, 0.25) is 5.88 Å². The van der Waals surface area contributed by atoms with Gasteiger partial charge in [-0.3, -0.25) is 0 Å². The second-order valence-corrected chi connectivity index (χ2v) is 2.59. The number of pyridine rings is 1. The molecule has 0 unspecified atom stereocenters. The lowest BCUT2D eigenvalue weighted by Crippen LogP contribution is -1.92. The summed E-state index contributed by atoms with van der Waals surface area (Å²) in [6, 6.07) is 1.13. The first kappa shape index (κ1) is 4.48. The fourth-order valence-electron chi connectivity index (χ4n) is 0.474. The van der Waals surface area contributed by atoms with Crippen LogP contribution in [0.3, 0.4) is 0 Å². The second-order valence-electron chi connectivity index (χ2n) is 1.51. The molecule has 1 rings (SSSR count). The molecule has 0 spiro atoms. The summed E-state index contributed by atoms with van der Waals surface area (Å²) in [5.74, 6) is -0.754. The van der Waals surface area contributed by atoms with E-state index in [0.29, 0.717) is 0 Å². The van der Waals surface area contributed by atoms with Gasteiger partial charge in [0.15, 0.2) is 0 Å². The average molecular weight is 256 g/mol. The lowest BCUT2D eigenvalue weighted by atomic mass is 10.5. The minimum absolute atomic E-state index is 0.0659. The highest BCUT2D eigenvalue weighted by Crippen LogP contribution is 2.19. The van der Waals surface area contributed by atoms with Gasteiger partial charge in [-0.25, -0.2) is 9.37 Å². The number of ether oxygens (including phenoxy) is 1. The molecule has 0 aliphatic heterocycles. The van der Waals surface area contributed by atoms with Crippen molar-refractivity contribution in [1.82, 2.24) is 4.98 Å². The average Bonchev–Trinajstić information content (AvgIpc) is 1.96. The van der Waals surface area contributed by atoms with E-state index in [1.165, 1.54) is 0 Å². The maximum absolute atomic E-state index is 12.8. The van der Waals surface area contributed by atoms with Crippen LogP contribution in [-0.4, -0.2) is 12.0 Å². The van der Waals surface area contributed by atoms with E-state index in [2.05, 4.69) is 9.72 Å². The molecule has 2 nitrogen and oxygen atoms in total. The van der Waals surface area contributed by atoms with E-state index in [1.807, 2.05) is 0 Å². The maximum atomic E-state index is 12.8. The van der Waals surface area contributed by atoms with Gasteiger partial charge >= 0.3 is 0 Å². The normalized spacial score (nSPS) is 15.2. The van der Waals surface area contributed by atoms with Gasteiger partial charge in [0.05, 0.1) is 11.2 Å². The Morgan fingerprint density at radius 3 is 3.40 bits per heavy atom. The Balaban J connectivity index is 2.96. The maximum Gasteiger partial charge on any atom is 0.229 e. The largest absolute Gasteiger partial charge is 0.480 e. The summed E-state index contributed by atoms with van der Waals surface area (Å²) in [7, 11) is -2.60. The number of aromatic nitrogens is 1. The standard InChI is InChI=1S/C6H5FINO/c1-10-6-5(8)4(7)2-3-9-6/h2-3H,1H3/i1D3. The van der Waals surface area contributed by atoms with Crippen molar-refractivity contribution in [2.45, 2.75) is 0 Å². The van der Waals surface area contributed by atoms with Crippen molar-refractivity contribution in [2.75, 3.05) is 7.04 Å². The summed E-state index contributed by atoms with van der Waals surface area (Å²) in [5, 5.41) is 0. The molecule has 10 heavy (non-hydrogen) atoms. The lowest BCUT2D eigenvalue weighted by Gasteiger charge is -1.99. The molecule has 0 N–H and O–H groups in total. The fourth-order valence-corrected chi connectivity index (χ4v) is 0.903. The van der Waals surface area contributed by atoms with Gasteiger partial charge in [0.1, 0.15) is 9.39 Å². The van der Waals surface area contributed by atoms with Crippen LogP contribution in [0, 0.1) is 9.39 Å². The highest BCUT2D eigenvalue weighted by Gasteiger charge is 2.04. The zero-order valence-electron chi connectivity index (χ0n) is 7.77. The molecule has 0 radical (unpaired) electrons. The SMILES string of the molecule is [2H]C([2H])([2H])Oc1nccc(F)c1I. The molecule has 0 saturated heterocycles. The van der Waals surface area contributed by atoms with Crippen LogP contribution in [-0.2, 0) is 0 Å².